The van der Waals surface area contributed by atoms with Crippen LogP contribution < -0.4 is 5.32 Å². The average molecular weight is 287 g/mol. The van der Waals surface area contributed by atoms with E-state index < -0.39 is 30.4 Å². The number of carbonyl (C=O) groups is 3. The monoisotopic (exact) mass is 287 g/mol. The van der Waals surface area contributed by atoms with E-state index in [0.717, 1.165) is 25.7 Å². The largest absolute Gasteiger partial charge is 0.481 e. The molecule has 1 atom stereocenters. The van der Waals surface area contributed by atoms with Crippen LogP contribution in [0.1, 0.15) is 38.5 Å². The zero-order chi connectivity index (χ0) is 15.0. The Morgan fingerprint density at radius 3 is 2.35 bits per heavy atom. The van der Waals surface area contributed by atoms with Crippen LogP contribution >= 0.6 is 0 Å². The summed E-state index contributed by atoms with van der Waals surface area (Å²) < 4.78 is 5.03. The summed E-state index contributed by atoms with van der Waals surface area (Å²) in [7, 11) is 0. The van der Waals surface area contributed by atoms with Gasteiger partial charge in [-0.2, -0.15) is 0 Å². The van der Waals surface area contributed by atoms with Gasteiger partial charge in [-0.05, 0) is 18.8 Å². The quantitative estimate of drug-likeness (QED) is 0.653. The lowest BCUT2D eigenvalue weighted by molar-refractivity contribution is -0.148. The second-order valence-corrected chi connectivity index (χ2v) is 5.12. The van der Waals surface area contributed by atoms with Crippen molar-refractivity contribution in [2.45, 2.75) is 38.5 Å². The summed E-state index contributed by atoms with van der Waals surface area (Å²) in [4.78, 5) is 32.7. The maximum atomic E-state index is 11.4. The van der Waals surface area contributed by atoms with Crippen LogP contribution in [0.2, 0.25) is 0 Å². The molecule has 0 heterocycles. The highest BCUT2D eigenvalue weighted by Gasteiger charge is 2.22. The summed E-state index contributed by atoms with van der Waals surface area (Å²) in [6, 6.07) is 0. The minimum Gasteiger partial charge on any atom is -0.481 e. The molecule has 1 saturated carbocycles. The van der Waals surface area contributed by atoms with Gasteiger partial charge < -0.3 is 20.3 Å². The fourth-order valence-electron chi connectivity index (χ4n) is 2.26. The number of alkyl carbamates (subject to hydrolysis) is 1. The van der Waals surface area contributed by atoms with E-state index >= 15 is 0 Å². The molecular weight excluding hydrogens is 266 g/mol. The van der Waals surface area contributed by atoms with Gasteiger partial charge in [-0.1, -0.05) is 19.3 Å². The molecule has 0 aromatic rings. The molecule has 0 radical (unpaired) electrons. The Balaban J connectivity index is 2.23. The molecule has 0 saturated heterocycles. The number of carboxylic acids is 2. The van der Waals surface area contributed by atoms with Crippen LogP contribution in [-0.4, -0.2) is 41.4 Å². The first kappa shape index (κ1) is 16.3. The lowest BCUT2D eigenvalue weighted by Gasteiger charge is -2.21. The van der Waals surface area contributed by atoms with Gasteiger partial charge in [-0.3, -0.25) is 9.59 Å². The molecule has 20 heavy (non-hydrogen) atoms. The van der Waals surface area contributed by atoms with Crippen LogP contribution in [-0.2, 0) is 14.3 Å². The number of nitrogens with one attached hydrogen (secondary N) is 1. The summed E-state index contributed by atoms with van der Waals surface area (Å²) in [6.45, 7) is 0.0909. The molecule has 114 valence electrons. The molecule has 3 N–H and O–H groups in total. The predicted octanol–water partition coefficient (Wildman–Crippen LogP) is 1.47. The predicted molar refractivity (Wildman–Crippen MR) is 69.3 cm³/mol. The van der Waals surface area contributed by atoms with Crippen LogP contribution in [0, 0.1) is 11.8 Å². The summed E-state index contributed by atoms with van der Waals surface area (Å²) >= 11 is 0. The molecule has 1 unspecified atom stereocenters. The minimum absolute atomic E-state index is 0.245. The number of carboxylic acid groups (broad SMARTS) is 2. The SMILES string of the molecule is O=C(O)CC(CNC(=O)OCC1CCCCC1)C(=O)O. The fourth-order valence-corrected chi connectivity index (χ4v) is 2.26. The molecule has 1 amide bonds. The van der Waals surface area contributed by atoms with Crippen LogP contribution in [0.3, 0.4) is 0 Å². The third-order valence-corrected chi connectivity index (χ3v) is 3.44. The first-order valence-electron chi connectivity index (χ1n) is 6.84. The number of ether oxygens (including phenoxy) is 1. The smallest absolute Gasteiger partial charge is 0.407 e. The van der Waals surface area contributed by atoms with Crippen molar-refractivity contribution >= 4 is 18.0 Å². The van der Waals surface area contributed by atoms with E-state index in [9.17, 15) is 14.4 Å². The van der Waals surface area contributed by atoms with E-state index in [1.807, 2.05) is 0 Å². The maximum Gasteiger partial charge on any atom is 0.407 e. The van der Waals surface area contributed by atoms with Crippen molar-refractivity contribution in [2.24, 2.45) is 11.8 Å². The first-order chi connectivity index (χ1) is 9.49. The van der Waals surface area contributed by atoms with Gasteiger partial charge in [0.1, 0.15) is 0 Å². The molecule has 1 fully saturated rings. The van der Waals surface area contributed by atoms with Gasteiger partial charge >= 0.3 is 18.0 Å². The van der Waals surface area contributed by atoms with E-state index in [0.29, 0.717) is 12.5 Å². The van der Waals surface area contributed by atoms with E-state index in [1.165, 1.54) is 6.42 Å². The van der Waals surface area contributed by atoms with Gasteiger partial charge in [-0.15, -0.1) is 0 Å². The van der Waals surface area contributed by atoms with Crippen molar-refractivity contribution < 1.29 is 29.3 Å². The van der Waals surface area contributed by atoms with Gasteiger partial charge in [0.15, 0.2) is 0 Å². The molecule has 7 heteroatoms. The molecule has 0 bridgehead atoms. The molecular formula is C13H21NO6. The highest BCUT2D eigenvalue weighted by atomic mass is 16.5. The summed E-state index contributed by atoms with van der Waals surface area (Å²) in [6.07, 6.45) is 4.39. The number of aliphatic carboxylic acids is 2. The highest BCUT2D eigenvalue weighted by molar-refractivity contribution is 5.78. The van der Waals surface area contributed by atoms with E-state index in [-0.39, 0.29) is 6.54 Å². The standard InChI is InChI=1S/C13H21NO6/c15-11(16)6-10(12(17)18)7-14-13(19)20-8-9-4-2-1-3-5-9/h9-10H,1-8H2,(H,14,19)(H,15,16)(H,17,18). The Morgan fingerprint density at radius 1 is 1.15 bits per heavy atom. The lowest BCUT2D eigenvalue weighted by Crippen LogP contribution is -2.35. The van der Waals surface area contributed by atoms with Crippen LogP contribution in [0.5, 0.6) is 0 Å². The van der Waals surface area contributed by atoms with Crippen molar-refractivity contribution in [3.05, 3.63) is 0 Å². The molecule has 7 nitrogen and oxygen atoms in total. The third-order valence-electron chi connectivity index (χ3n) is 3.44. The number of hydrogen-bond donors (Lipinski definition) is 3. The Labute approximate surface area is 117 Å². The zero-order valence-corrected chi connectivity index (χ0v) is 11.3. The maximum absolute atomic E-state index is 11.4. The van der Waals surface area contributed by atoms with Crippen molar-refractivity contribution in [1.82, 2.24) is 5.32 Å². The van der Waals surface area contributed by atoms with Crippen LogP contribution in [0.25, 0.3) is 0 Å². The molecule has 0 aromatic heterocycles. The van der Waals surface area contributed by atoms with Crippen molar-refractivity contribution in [3.63, 3.8) is 0 Å². The van der Waals surface area contributed by atoms with Gasteiger partial charge in [-0.25, -0.2) is 4.79 Å². The normalized spacial score (nSPS) is 17.2. The van der Waals surface area contributed by atoms with Gasteiger partial charge in [0.05, 0.1) is 18.9 Å². The number of amides is 1. The Morgan fingerprint density at radius 2 is 1.80 bits per heavy atom. The van der Waals surface area contributed by atoms with Crippen LogP contribution in [0.15, 0.2) is 0 Å². The number of rotatable bonds is 7. The second kappa shape index (κ2) is 8.39. The zero-order valence-electron chi connectivity index (χ0n) is 11.3. The molecule has 0 spiro atoms. The number of carbonyl (C=O) groups excluding carboxylic acids is 1. The second-order valence-electron chi connectivity index (χ2n) is 5.12. The van der Waals surface area contributed by atoms with Gasteiger partial charge in [0.25, 0.3) is 0 Å². The molecule has 1 aliphatic carbocycles. The minimum atomic E-state index is -1.25. The summed E-state index contributed by atoms with van der Waals surface area (Å²) in [5.74, 6) is -3.23. The van der Waals surface area contributed by atoms with Gasteiger partial charge in [0, 0.05) is 6.54 Å². The Bertz CT molecular complexity index is 351. The third kappa shape index (κ3) is 6.40. The van der Waals surface area contributed by atoms with E-state index in [4.69, 9.17) is 14.9 Å². The van der Waals surface area contributed by atoms with Crippen molar-refractivity contribution in [1.29, 1.82) is 0 Å². The molecule has 0 aromatic carbocycles. The van der Waals surface area contributed by atoms with E-state index in [1.54, 1.807) is 0 Å². The van der Waals surface area contributed by atoms with Crippen LogP contribution in [0.4, 0.5) is 4.79 Å². The van der Waals surface area contributed by atoms with Crippen molar-refractivity contribution in [2.75, 3.05) is 13.2 Å². The molecule has 1 rings (SSSR count). The topological polar surface area (TPSA) is 113 Å². The van der Waals surface area contributed by atoms with Gasteiger partial charge in [0.2, 0.25) is 0 Å². The summed E-state index contributed by atoms with van der Waals surface area (Å²) in [5.41, 5.74) is 0. The number of hydrogen-bond acceptors (Lipinski definition) is 4. The lowest BCUT2D eigenvalue weighted by atomic mass is 9.90. The highest BCUT2D eigenvalue weighted by Crippen LogP contribution is 2.23. The molecule has 0 aliphatic heterocycles. The van der Waals surface area contributed by atoms with E-state index in [2.05, 4.69) is 5.32 Å². The Kier molecular flexibility index (Phi) is 6.83. The first-order valence-corrected chi connectivity index (χ1v) is 6.84. The summed E-state index contributed by atoms with van der Waals surface area (Å²) in [5, 5.41) is 19.7. The van der Waals surface area contributed by atoms with Crippen molar-refractivity contribution in [3.8, 4) is 0 Å². The Hall–Kier alpha value is -1.79. The fraction of sp³-hybridized carbons (Fsp3) is 0.769. The average Bonchev–Trinajstić information content (AvgIpc) is 2.41. The molecule has 1 aliphatic rings.